The molecule has 0 spiro atoms. The number of hydrogen-bond donors (Lipinski definition) is 3. The van der Waals surface area contributed by atoms with Gasteiger partial charge < -0.3 is 20.2 Å². The summed E-state index contributed by atoms with van der Waals surface area (Å²) < 4.78 is 86.7. The molecule has 2 aromatic rings. The highest BCUT2D eigenvalue weighted by molar-refractivity contribution is 7.92. The number of aliphatic carboxylic acids is 1. The first-order chi connectivity index (χ1) is 17.6. The van der Waals surface area contributed by atoms with E-state index < -0.39 is 41.1 Å². The van der Waals surface area contributed by atoms with Gasteiger partial charge in [-0.2, -0.15) is 13.2 Å². The number of carbonyl (C=O) groups is 1. The molecule has 1 heterocycles. The zero-order valence-corrected chi connectivity index (χ0v) is 22.1. The molecule has 38 heavy (non-hydrogen) atoms. The molecule has 1 fully saturated rings. The average Bonchev–Trinajstić information content (AvgIpc) is 2.85. The number of carboxylic acid groups (broad SMARTS) is 1. The number of hydrogen-bond acceptors (Lipinski definition) is 8. The molecule has 1 aliphatic rings. The van der Waals surface area contributed by atoms with E-state index in [4.69, 9.17) is 10.2 Å². The molecule has 10 nitrogen and oxygen atoms in total. The van der Waals surface area contributed by atoms with Crippen molar-refractivity contribution in [3.05, 3.63) is 42.5 Å². The first kappa shape index (κ1) is 29.5. The van der Waals surface area contributed by atoms with E-state index in [0.29, 0.717) is 45.0 Å². The van der Waals surface area contributed by atoms with Crippen LogP contribution in [0, 0.1) is 5.92 Å². The lowest BCUT2D eigenvalue weighted by molar-refractivity contribution is -0.142. The first-order valence-electron chi connectivity index (χ1n) is 11.6. The molecule has 0 atom stereocenters. The van der Waals surface area contributed by atoms with Crippen molar-refractivity contribution in [2.24, 2.45) is 11.1 Å². The predicted octanol–water partition coefficient (Wildman–Crippen LogP) is 2.87. The van der Waals surface area contributed by atoms with Crippen molar-refractivity contribution in [3.8, 4) is 0 Å². The second kappa shape index (κ2) is 11.4. The van der Waals surface area contributed by atoms with Crippen LogP contribution in [0.4, 0.5) is 30.2 Å². The van der Waals surface area contributed by atoms with Crippen molar-refractivity contribution >= 4 is 42.9 Å². The van der Waals surface area contributed by atoms with Crippen LogP contribution < -0.4 is 20.3 Å². The van der Waals surface area contributed by atoms with Crippen molar-refractivity contribution in [1.82, 2.24) is 0 Å². The number of nitrogens with one attached hydrogen (secondary N) is 1. The third-order valence-electron chi connectivity index (χ3n) is 6.36. The molecule has 0 bridgehead atoms. The maximum Gasteiger partial charge on any atom is 0.501 e. The van der Waals surface area contributed by atoms with E-state index in [2.05, 4.69) is 10.2 Å². The minimum atomic E-state index is -5.83. The Hall–Kier alpha value is -3.04. The largest absolute Gasteiger partial charge is 0.501 e. The lowest BCUT2D eigenvalue weighted by atomic mass is 9.97. The molecule has 1 aliphatic heterocycles. The number of nitrogens with zero attached hydrogens (tertiary/aromatic N) is 2. The minimum absolute atomic E-state index is 0.107. The van der Waals surface area contributed by atoms with Crippen LogP contribution in [0.2, 0.25) is 0 Å². The molecule has 4 N–H and O–H groups in total. The van der Waals surface area contributed by atoms with E-state index in [0.717, 1.165) is 23.5 Å². The van der Waals surface area contributed by atoms with Crippen molar-refractivity contribution in [2.45, 2.75) is 34.6 Å². The normalized spacial score (nSPS) is 15.3. The van der Waals surface area contributed by atoms with Gasteiger partial charge in [0.15, 0.2) is 0 Å². The summed E-state index contributed by atoms with van der Waals surface area (Å²) >= 11 is 0. The Labute approximate surface area is 219 Å². The van der Waals surface area contributed by atoms with Gasteiger partial charge in [-0.15, -0.1) is 0 Å². The molecular weight excluding hydrogens is 549 g/mol. The number of primary sulfonamides is 1. The maximum atomic E-state index is 13.2. The van der Waals surface area contributed by atoms with Crippen LogP contribution in [-0.2, 0) is 24.7 Å². The number of carboxylic acids is 1. The molecule has 210 valence electrons. The summed E-state index contributed by atoms with van der Waals surface area (Å²) in [6, 6.07) is 9.97. The SMILES string of the molecule is CN(CCCNc1ccc(S(N)(=O)=O)cc1S(=O)(=O)C(F)(F)F)c1ccc(N2CCC(C(=O)O)CC2)cc1. The number of rotatable bonds is 10. The molecule has 0 aromatic heterocycles. The van der Waals surface area contributed by atoms with Crippen LogP contribution in [0.3, 0.4) is 0 Å². The summed E-state index contributed by atoms with van der Waals surface area (Å²) in [4.78, 5) is 13.2. The molecule has 3 rings (SSSR count). The van der Waals surface area contributed by atoms with Crippen LogP contribution in [0.1, 0.15) is 19.3 Å². The van der Waals surface area contributed by atoms with Crippen LogP contribution in [0.25, 0.3) is 0 Å². The second-order valence-electron chi connectivity index (χ2n) is 8.97. The standard InChI is InChI=1S/C23H29F3N4O6S2/c1-29(17-3-5-18(6-4-17)30-13-9-16(10-14-30)22(31)32)12-2-11-28-20-8-7-19(38(27,35)36)15-21(20)37(33,34)23(24,25)26/h3-8,15-16,28H,2,9-14H2,1H3,(H,31,32)(H2,27,35,36). The van der Waals surface area contributed by atoms with Gasteiger partial charge in [-0.25, -0.2) is 22.0 Å². The average molecular weight is 579 g/mol. The van der Waals surface area contributed by atoms with Gasteiger partial charge in [-0.05, 0) is 61.7 Å². The van der Waals surface area contributed by atoms with E-state index >= 15 is 0 Å². The van der Waals surface area contributed by atoms with Crippen molar-refractivity contribution in [1.29, 1.82) is 0 Å². The molecular formula is C23H29F3N4O6S2. The fourth-order valence-electron chi connectivity index (χ4n) is 4.14. The molecule has 2 aromatic carbocycles. The zero-order valence-electron chi connectivity index (χ0n) is 20.5. The summed E-state index contributed by atoms with van der Waals surface area (Å²) in [7, 11) is -8.43. The predicted molar refractivity (Wildman–Crippen MR) is 136 cm³/mol. The summed E-state index contributed by atoms with van der Waals surface area (Å²) in [5, 5.41) is 16.7. The summed E-state index contributed by atoms with van der Waals surface area (Å²) in [6.45, 7) is 1.90. The van der Waals surface area contributed by atoms with Gasteiger partial charge in [0.2, 0.25) is 10.0 Å². The number of alkyl halides is 3. The number of anilines is 3. The third kappa shape index (κ3) is 6.88. The summed E-state index contributed by atoms with van der Waals surface area (Å²) in [5.41, 5.74) is -4.15. The summed E-state index contributed by atoms with van der Waals surface area (Å²) in [5.74, 6) is -1.09. The Balaban J connectivity index is 1.60. The zero-order chi connectivity index (χ0) is 28.3. The Morgan fingerprint density at radius 3 is 2.24 bits per heavy atom. The highest BCUT2D eigenvalue weighted by Gasteiger charge is 2.48. The fraction of sp³-hybridized carbons (Fsp3) is 0.435. The monoisotopic (exact) mass is 578 g/mol. The quantitative estimate of drug-likeness (QED) is 0.362. The van der Waals surface area contributed by atoms with Crippen LogP contribution in [0.5, 0.6) is 0 Å². The Bertz CT molecular complexity index is 1360. The molecule has 1 saturated heterocycles. The van der Waals surface area contributed by atoms with E-state index in [9.17, 15) is 34.8 Å². The number of sulfone groups is 1. The number of nitrogens with two attached hydrogens (primary N) is 1. The van der Waals surface area contributed by atoms with Crippen LogP contribution in [0.15, 0.2) is 52.3 Å². The second-order valence-corrected chi connectivity index (χ2v) is 12.4. The molecule has 0 aliphatic carbocycles. The molecule has 0 amide bonds. The molecule has 0 saturated carbocycles. The Morgan fingerprint density at radius 1 is 1.11 bits per heavy atom. The van der Waals surface area contributed by atoms with Gasteiger partial charge in [-0.3, -0.25) is 4.79 Å². The van der Waals surface area contributed by atoms with Gasteiger partial charge >= 0.3 is 11.5 Å². The van der Waals surface area contributed by atoms with Crippen LogP contribution >= 0.6 is 0 Å². The van der Waals surface area contributed by atoms with Gasteiger partial charge in [0, 0.05) is 44.6 Å². The lowest BCUT2D eigenvalue weighted by Gasteiger charge is -2.32. The van der Waals surface area contributed by atoms with Crippen molar-refractivity contribution < 1.29 is 39.9 Å². The molecule has 15 heteroatoms. The summed E-state index contributed by atoms with van der Waals surface area (Å²) in [6.07, 6.45) is 1.59. The number of sulfonamides is 1. The first-order valence-corrected chi connectivity index (χ1v) is 14.7. The topological polar surface area (TPSA) is 150 Å². The van der Waals surface area contributed by atoms with E-state index in [-0.39, 0.29) is 18.2 Å². The molecule has 0 unspecified atom stereocenters. The number of piperidine rings is 1. The smallest absolute Gasteiger partial charge is 0.481 e. The van der Waals surface area contributed by atoms with Crippen molar-refractivity contribution in [2.75, 3.05) is 48.3 Å². The van der Waals surface area contributed by atoms with Gasteiger partial charge in [0.05, 0.1) is 16.5 Å². The number of halogens is 3. The van der Waals surface area contributed by atoms with Crippen molar-refractivity contribution in [3.63, 3.8) is 0 Å². The molecule has 0 radical (unpaired) electrons. The lowest BCUT2D eigenvalue weighted by Crippen LogP contribution is -2.36. The maximum absolute atomic E-state index is 13.2. The van der Waals surface area contributed by atoms with E-state index in [1.54, 1.807) is 0 Å². The third-order valence-corrected chi connectivity index (χ3v) is 8.80. The van der Waals surface area contributed by atoms with E-state index in [1.165, 1.54) is 0 Å². The Kier molecular flexibility index (Phi) is 8.83. The van der Waals surface area contributed by atoms with E-state index in [1.807, 2.05) is 36.2 Å². The van der Waals surface area contributed by atoms with Gasteiger partial charge in [-0.1, -0.05) is 0 Å². The Morgan fingerprint density at radius 2 is 1.71 bits per heavy atom. The van der Waals surface area contributed by atoms with Gasteiger partial charge in [0.25, 0.3) is 9.84 Å². The highest BCUT2D eigenvalue weighted by atomic mass is 32.2. The van der Waals surface area contributed by atoms with Crippen LogP contribution in [-0.4, -0.2) is 66.6 Å². The minimum Gasteiger partial charge on any atom is -0.481 e. The highest BCUT2D eigenvalue weighted by Crippen LogP contribution is 2.35. The number of benzene rings is 2. The fourth-order valence-corrected chi connectivity index (χ4v) is 5.72. The van der Waals surface area contributed by atoms with Gasteiger partial charge in [0.1, 0.15) is 4.90 Å².